The van der Waals surface area contributed by atoms with E-state index in [1.807, 2.05) is 45.4 Å². The van der Waals surface area contributed by atoms with E-state index in [9.17, 15) is 5.11 Å². The molecule has 3 aromatic rings. The first-order chi connectivity index (χ1) is 16.7. The summed E-state index contributed by atoms with van der Waals surface area (Å²) >= 11 is 6.40. The maximum atomic E-state index is 11.8. The Morgan fingerprint density at radius 3 is 2.71 bits per heavy atom. The summed E-state index contributed by atoms with van der Waals surface area (Å²) in [7, 11) is 4.10. The second kappa shape index (κ2) is 9.26. The van der Waals surface area contributed by atoms with Crippen molar-refractivity contribution in [3.8, 4) is 11.3 Å². The molecule has 0 spiro atoms. The van der Waals surface area contributed by atoms with E-state index >= 15 is 0 Å². The number of benzene rings is 1. The van der Waals surface area contributed by atoms with Gasteiger partial charge in [0.15, 0.2) is 0 Å². The Kier molecular flexibility index (Phi) is 6.29. The van der Waals surface area contributed by atoms with Gasteiger partial charge in [-0.1, -0.05) is 30.3 Å². The van der Waals surface area contributed by atoms with Crippen molar-refractivity contribution in [1.29, 1.82) is 0 Å². The highest BCUT2D eigenvalue weighted by molar-refractivity contribution is 6.31. The van der Waals surface area contributed by atoms with E-state index in [0.717, 1.165) is 59.2 Å². The van der Waals surface area contributed by atoms with Gasteiger partial charge in [0.1, 0.15) is 29.4 Å². The molecular weight excluding hydrogens is 462 g/mol. The standard InChI is InChI=1S/C26H32ClN7O/c1-17-5-6-19(14-21(17)27)22-15-34(12-11-32(3)4)25(31-22)26(35)7-9-33(10-8-26)24-20-13-18(2)30-23(20)28-16-29-24/h5-6,14-16,35H,2,7-13H2,1,3-4H3,(H,28,29,30). The molecule has 35 heavy (non-hydrogen) atoms. The molecule has 0 amide bonds. The van der Waals surface area contributed by atoms with Crippen LogP contribution in [0.2, 0.25) is 5.02 Å². The average molecular weight is 494 g/mol. The third-order valence-electron chi connectivity index (χ3n) is 6.95. The molecule has 1 aromatic carbocycles. The molecule has 0 aliphatic carbocycles. The van der Waals surface area contributed by atoms with Crippen LogP contribution in [0.15, 0.2) is 43.0 Å². The summed E-state index contributed by atoms with van der Waals surface area (Å²) in [6.45, 7) is 8.98. The molecule has 8 nitrogen and oxygen atoms in total. The number of piperidine rings is 1. The Bertz CT molecular complexity index is 1260. The van der Waals surface area contributed by atoms with Crippen molar-refractivity contribution in [3.63, 3.8) is 0 Å². The first kappa shape index (κ1) is 23.8. The molecule has 2 N–H and O–H groups in total. The third kappa shape index (κ3) is 4.66. The number of fused-ring (bicyclic) bond motifs is 1. The van der Waals surface area contributed by atoms with Gasteiger partial charge in [-0.15, -0.1) is 0 Å². The van der Waals surface area contributed by atoms with Crippen molar-refractivity contribution in [2.75, 3.05) is 43.9 Å². The van der Waals surface area contributed by atoms with Crippen LogP contribution in [-0.2, 0) is 18.6 Å². The van der Waals surface area contributed by atoms with Gasteiger partial charge in [-0.2, -0.15) is 0 Å². The number of rotatable bonds is 6. The molecule has 0 unspecified atom stereocenters. The van der Waals surface area contributed by atoms with Gasteiger partial charge < -0.3 is 24.8 Å². The van der Waals surface area contributed by atoms with Crippen LogP contribution < -0.4 is 10.2 Å². The Balaban J connectivity index is 1.42. The predicted octanol–water partition coefficient (Wildman–Crippen LogP) is 3.83. The molecule has 0 radical (unpaired) electrons. The Hall–Kier alpha value is -2.94. The summed E-state index contributed by atoms with van der Waals surface area (Å²) in [5.41, 5.74) is 3.80. The zero-order valence-electron chi connectivity index (χ0n) is 20.6. The zero-order chi connectivity index (χ0) is 24.7. The Labute approximate surface area is 211 Å². The number of likely N-dealkylation sites (N-methyl/N-ethyl adjacent to an activating group) is 1. The number of allylic oxidation sites excluding steroid dienone is 1. The van der Waals surface area contributed by atoms with Gasteiger partial charge in [0, 0.05) is 73.5 Å². The van der Waals surface area contributed by atoms with Crippen LogP contribution in [-0.4, -0.2) is 63.3 Å². The van der Waals surface area contributed by atoms with Crippen LogP contribution in [0.4, 0.5) is 11.6 Å². The molecule has 2 aromatic heterocycles. The molecular formula is C26H32ClN7O. The molecule has 1 saturated heterocycles. The maximum Gasteiger partial charge on any atom is 0.141 e. The second-order valence-corrected chi connectivity index (χ2v) is 10.3. The lowest BCUT2D eigenvalue weighted by atomic mass is 9.90. The molecule has 5 rings (SSSR count). The Morgan fingerprint density at radius 1 is 1.23 bits per heavy atom. The van der Waals surface area contributed by atoms with Gasteiger partial charge in [-0.3, -0.25) is 0 Å². The van der Waals surface area contributed by atoms with Gasteiger partial charge >= 0.3 is 0 Å². The van der Waals surface area contributed by atoms with E-state index in [4.69, 9.17) is 16.6 Å². The van der Waals surface area contributed by atoms with Crippen molar-refractivity contribution in [2.45, 2.75) is 38.3 Å². The fourth-order valence-corrected chi connectivity index (χ4v) is 5.02. The number of hydrogen-bond acceptors (Lipinski definition) is 7. The monoisotopic (exact) mass is 493 g/mol. The van der Waals surface area contributed by atoms with E-state index in [2.05, 4.69) is 36.2 Å². The third-order valence-corrected chi connectivity index (χ3v) is 7.35. The molecule has 2 aliphatic heterocycles. The van der Waals surface area contributed by atoms with Crippen LogP contribution in [0.1, 0.15) is 29.8 Å². The number of hydrogen-bond donors (Lipinski definition) is 2. The summed E-state index contributed by atoms with van der Waals surface area (Å²) in [6, 6.07) is 5.99. The topological polar surface area (TPSA) is 82.3 Å². The lowest BCUT2D eigenvalue weighted by Gasteiger charge is -2.39. The number of imidazole rings is 1. The summed E-state index contributed by atoms with van der Waals surface area (Å²) in [6.07, 6.45) is 5.48. The van der Waals surface area contributed by atoms with E-state index in [1.165, 1.54) is 0 Å². The highest BCUT2D eigenvalue weighted by Crippen LogP contribution is 2.38. The maximum absolute atomic E-state index is 11.8. The average Bonchev–Trinajstić information content (AvgIpc) is 3.43. The normalized spacial score (nSPS) is 17.1. The predicted molar refractivity (Wildman–Crippen MR) is 140 cm³/mol. The largest absolute Gasteiger partial charge is 0.382 e. The van der Waals surface area contributed by atoms with Crippen LogP contribution in [0, 0.1) is 6.92 Å². The van der Waals surface area contributed by atoms with Crippen LogP contribution in [0.25, 0.3) is 11.3 Å². The van der Waals surface area contributed by atoms with Crippen LogP contribution in [0.5, 0.6) is 0 Å². The number of nitrogens with one attached hydrogen (secondary N) is 1. The summed E-state index contributed by atoms with van der Waals surface area (Å²) in [5.74, 6) is 2.48. The smallest absolute Gasteiger partial charge is 0.141 e. The summed E-state index contributed by atoms with van der Waals surface area (Å²) < 4.78 is 2.11. The molecule has 9 heteroatoms. The van der Waals surface area contributed by atoms with Crippen LogP contribution >= 0.6 is 11.6 Å². The highest BCUT2D eigenvalue weighted by atomic mass is 35.5. The van der Waals surface area contributed by atoms with Gasteiger partial charge in [-0.25, -0.2) is 15.0 Å². The molecule has 1 fully saturated rings. The van der Waals surface area contributed by atoms with Crippen molar-refractivity contribution >= 4 is 23.2 Å². The van der Waals surface area contributed by atoms with Crippen molar-refractivity contribution in [2.24, 2.45) is 0 Å². The second-order valence-electron chi connectivity index (χ2n) is 9.86. The van der Waals surface area contributed by atoms with Gasteiger partial charge in [0.25, 0.3) is 0 Å². The minimum atomic E-state index is -1.02. The van der Waals surface area contributed by atoms with E-state index in [-0.39, 0.29) is 0 Å². The first-order valence-corrected chi connectivity index (χ1v) is 12.4. The lowest BCUT2D eigenvalue weighted by Crippen LogP contribution is -2.44. The fourth-order valence-electron chi connectivity index (χ4n) is 4.84. The summed E-state index contributed by atoms with van der Waals surface area (Å²) in [4.78, 5) is 18.2. The van der Waals surface area contributed by atoms with Gasteiger partial charge in [0.05, 0.1) is 5.69 Å². The number of aryl methyl sites for hydroxylation is 1. The molecule has 184 valence electrons. The quantitative estimate of drug-likeness (QED) is 0.540. The minimum Gasteiger partial charge on any atom is -0.382 e. The SMILES string of the molecule is C=C1Cc2c(ncnc2N2CCC(O)(c3nc(-c4ccc(C)c(Cl)c4)cn3CCN(C)C)CC2)N1. The van der Waals surface area contributed by atoms with Crippen molar-refractivity contribution < 1.29 is 5.11 Å². The fraction of sp³-hybridized carbons (Fsp3) is 0.423. The molecule has 0 atom stereocenters. The number of nitrogens with zero attached hydrogens (tertiary/aromatic N) is 6. The highest BCUT2D eigenvalue weighted by Gasteiger charge is 2.39. The Morgan fingerprint density at radius 2 is 2.00 bits per heavy atom. The number of aliphatic hydroxyl groups is 1. The van der Waals surface area contributed by atoms with Crippen molar-refractivity contribution in [3.05, 3.63) is 65.0 Å². The molecule has 0 saturated carbocycles. The summed E-state index contributed by atoms with van der Waals surface area (Å²) in [5, 5.41) is 15.8. The first-order valence-electron chi connectivity index (χ1n) is 12.0. The van der Waals surface area contributed by atoms with E-state index in [1.54, 1.807) is 6.33 Å². The minimum absolute atomic E-state index is 0.563. The number of aromatic nitrogens is 4. The molecule has 0 bridgehead atoms. The lowest BCUT2D eigenvalue weighted by molar-refractivity contribution is -0.000368. The number of halogens is 1. The number of anilines is 2. The zero-order valence-corrected chi connectivity index (χ0v) is 21.3. The van der Waals surface area contributed by atoms with Crippen LogP contribution in [0.3, 0.4) is 0 Å². The van der Waals surface area contributed by atoms with E-state index < -0.39 is 5.60 Å². The molecule has 2 aliphatic rings. The van der Waals surface area contributed by atoms with E-state index in [0.29, 0.717) is 36.8 Å². The molecule has 4 heterocycles. The van der Waals surface area contributed by atoms with Gasteiger partial charge in [0.2, 0.25) is 0 Å². The van der Waals surface area contributed by atoms with Crippen molar-refractivity contribution in [1.82, 2.24) is 24.4 Å². The van der Waals surface area contributed by atoms with Gasteiger partial charge in [-0.05, 0) is 32.6 Å².